The molecule has 1 aliphatic heterocycles. The van der Waals surface area contributed by atoms with Gasteiger partial charge in [0.25, 0.3) is 0 Å². The second kappa shape index (κ2) is 4.01. The Morgan fingerprint density at radius 1 is 0.905 bits per heavy atom. The zero-order valence-corrected chi connectivity index (χ0v) is 13.9. The minimum Gasteiger partial charge on any atom is -0.239 e. The Balaban J connectivity index is 2.15. The van der Waals surface area contributed by atoms with Crippen LogP contribution in [0.4, 0.5) is 0 Å². The molecule has 3 aromatic rings. The van der Waals surface area contributed by atoms with E-state index in [1.54, 1.807) is 0 Å². The summed E-state index contributed by atoms with van der Waals surface area (Å²) in [4.78, 5) is 9.40. The molecule has 0 fully saturated rings. The van der Waals surface area contributed by atoms with E-state index in [0.29, 0.717) is 0 Å². The summed E-state index contributed by atoms with van der Waals surface area (Å²) in [7, 11) is -1.69. The van der Waals surface area contributed by atoms with Crippen LogP contribution in [0, 0.1) is 13.8 Å². The van der Waals surface area contributed by atoms with Crippen molar-refractivity contribution in [3.8, 4) is 11.3 Å². The molecule has 0 unspecified atom stereocenters. The molecule has 0 aliphatic carbocycles. The molecule has 1 aliphatic rings. The van der Waals surface area contributed by atoms with E-state index >= 15 is 0 Å². The summed E-state index contributed by atoms with van der Waals surface area (Å²) in [6.45, 7) is 8.95. The van der Waals surface area contributed by atoms with Crippen LogP contribution in [0.5, 0.6) is 0 Å². The first-order valence-electron chi connectivity index (χ1n) is 7.38. The van der Waals surface area contributed by atoms with E-state index < -0.39 is 8.07 Å². The SMILES string of the molecule is Cc1nc(C)c2c(n1)-c1cc3ccccc3cc1[Si]2(C)C. The molecule has 0 amide bonds. The van der Waals surface area contributed by atoms with E-state index in [-0.39, 0.29) is 0 Å². The van der Waals surface area contributed by atoms with Gasteiger partial charge < -0.3 is 0 Å². The lowest BCUT2D eigenvalue weighted by molar-refractivity contribution is 1.03. The van der Waals surface area contributed by atoms with Crippen LogP contribution in [-0.4, -0.2) is 18.0 Å². The molecule has 0 saturated heterocycles. The average molecular weight is 290 g/mol. The Hall–Kier alpha value is -2.00. The van der Waals surface area contributed by atoms with E-state index in [9.17, 15) is 0 Å². The van der Waals surface area contributed by atoms with Gasteiger partial charge in [0.05, 0.1) is 5.69 Å². The van der Waals surface area contributed by atoms with E-state index in [1.165, 1.54) is 32.4 Å². The predicted octanol–water partition coefficient (Wildman–Crippen LogP) is 3.05. The normalized spacial score (nSPS) is 15.0. The van der Waals surface area contributed by atoms with Gasteiger partial charge in [0.15, 0.2) is 0 Å². The van der Waals surface area contributed by atoms with Crippen molar-refractivity contribution >= 4 is 29.2 Å². The number of hydrogen-bond acceptors (Lipinski definition) is 2. The Kier molecular flexibility index (Phi) is 2.43. The highest BCUT2D eigenvalue weighted by Crippen LogP contribution is 2.30. The van der Waals surface area contributed by atoms with Crippen molar-refractivity contribution < 1.29 is 0 Å². The fourth-order valence-electron chi connectivity index (χ4n) is 3.74. The van der Waals surface area contributed by atoms with Crippen LogP contribution >= 0.6 is 0 Å². The summed E-state index contributed by atoms with van der Waals surface area (Å²) < 4.78 is 0. The first-order valence-corrected chi connectivity index (χ1v) is 10.4. The lowest BCUT2D eigenvalue weighted by atomic mass is 10.0. The molecule has 0 radical (unpaired) electrons. The van der Waals surface area contributed by atoms with Crippen LogP contribution in [0.25, 0.3) is 22.0 Å². The first kappa shape index (κ1) is 12.7. The second-order valence-corrected chi connectivity index (χ2v) is 10.7. The molecule has 0 bridgehead atoms. The van der Waals surface area contributed by atoms with Gasteiger partial charge in [-0.1, -0.05) is 43.4 Å². The third kappa shape index (κ3) is 1.64. The van der Waals surface area contributed by atoms with Crippen LogP contribution in [0.2, 0.25) is 13.1 Å². The van der Waals surface area contributed by atoms with Crippen molar-refractivity contribution in [3.63, 3.8) is 0 Å². The smallest absolute Gasteiger partial charge is 0.126 e. The number of benzene rings is 2. The van der Waals surface area contributed by atoms with Gasteiger partial charge in [-0.2, -0.15) is 0 Å². The molecule has 21 heavy (non-hydrogen) atoms. The fourth-order valence-corrected chi connectivity index (χ4v) is 7.14. The van der Waals surface area contributed by atoms with Crippen molar-refractivity contribution in [2.75, 3.05) is 0 Å². The predicted molar refractivity (Wildman–Crippen MR) is 91.2 cm³/mol. The third-order valence-electron chi connectivity index (χ3n) is 4.64. The van der Waals surface area contributed by atoms with Crippen molar-refractivity contribution in [3.05, 3.63) is 47.9 Å². The minimum absolute atomic E-state index is 0.872. The lowest BCUT2D eigenvalue weighted by Crippen LogP contribution is -2.50. The van der Waals surface area contributed by atoms with Gasteiger partial charge in [-0.15, -0.1) is 0 Å². The molecule has 4 rings (SSSR count). The van der Waals surface area contributed by atoms with Crippen LogP contribution in [-0.2, 0) is 0 Å². The number of rotatable bonds is 0. The molecular formula is C18H18N2Si. The summed E-state index contributed by atoms with van der Waals surface area (Å²) in [5.74, 6) is 0.872. The molecule has 3 heteroatoms. The number of nitrogens with zero attached hydrogens (tertiary/aromatic N) is 2. The second-order valence-electron chi connectivity index (χ2n) is 6.45. The summed E-state index contributed by atoms with van der Waals surface area (Å²) in [6, 6.07) is 13.3. The highest BCUT2D eigenvalue weighted by Gasteiger charge is 2.40. The fraction of sp³-hybridized carbons (Fsp3) is 0.222. The van der Waals surface area contributed by atoms with Gasteiger partial charge in [-0.25, -0.2) is 9.97 Å². The van der Waals surface area contributed by atoms with E-state index in [1.807, 2.05) is 6.92 Å². The molecule has 2 aromatic carbocycles. The largest absolute Gasteiger partial charge is 0.239 e. The van der Waals surface area contributed by atoms with Crippen molar-refractivity contribution in [1.82, 2.24) is 9.97 Å². The van der Waals surface area contributed by atoms with Gasteiger partial charge in [-0.3, -0.25) is 0 Å². The molecular weight excluding hydrogens is 272 g/mol. The topological polar surface area (TPSA) is 25.8 Å². The van der Waals surface area contributed by atoms with E-state index in [0.717, 1.165) is 11.5 Å². The number of aryl methyl sites for hydroxylation is 2. The Bertz CT molecular complexity index is 897. The van der Waals surface area contributed by atoms with Gasteiger partial charge in [0, 0.05) is 11.3 Å². The van der Waals surface area contributed by atoms with Gasteiger partial charge in [0.1, 0.15) is 13.9 Å². The van der Waals surface area contributed by atoms with E-state index in [4.69, 9.17) is 4.98 Å². The maximum atomic E-state index is 4.78. The average Bonchev–Trinajstić information content (AvgIpc) is 2.65. The number of fused-ring (bicyclic) bond motifs is 4. The Morgan fingerprint density at radius 3 is 2.29 bits per heavy atom. The molecule has 0 spiro atoms. The minimum atomic E-state index is -1.69. The zero-order valence-electron chi connectivity index (χ0n) is 12.9. The van der Waals surface area contributed by atoms with Crippen molar-refractivity contribution in [2.24, 2.45) is 0 Å². The maximum absolute atomic E-state index is 4.78. The highest BCUT2D eigenvalue weighted by molar-refractivity contribution is 7.04. The summed E-state index contributed by atoms with van der Waals surface area (Å²) >= 11 is 0. The third-order valence-corrected chi connectivity index (χ3v) is 8.25. The van der Waals surface area contributed by atoms with Gasteiger partial charge in [-0.05, 0) is 41.1 Å². The van der Waals surface area contributed by atoms with Gasteiger partial charge in [0.2, 0.25) is 0 Å². The Morgan fingerprint density at radius 2 is 1.57 bits per heavy atom. The zero-order chi connectivity index (χ0) is 14.8. The molecule has 0 atom stereocenters. The Labute approximate surface area is 125 Å². The van der Waals surface area contributed by atoms with Crippen LogP contribution < -0.4 is 10.4 Å². The molecule has 0 N–H and O–H groups in total. The van der Waals surface area contributed by atoms with Crippen LogP contribution in [0.3, 0.4) is 0 Å². The first-order chi connectivity index (χ1) is 9.98. The maximum Gasteiger partial charge on any atom is 0.126 e. The molecule has 2 heterocycles. The summed E-state index contributed by atoms with van der Waals surface area (Å²) in [6.07, 6.45) is 0. The van der Waals surface area contributed by atoms with Crippen LogP contribution in [0.1, 0.15) is 11.5 Å². The number of hydrogen-bond donors (Lipinski definition) is 0. The molecule has 104 valence electrons. The summed E-state index contributed by atoms with van der Waals surface area (Å²) in [5, 5.41) is 5.53. The number of aromatic nitrogens is 2. The van der Waals surface area contributed by atoms with Crippen LogP contribution in [0.15, 0.2) is 36.4 Å². The molecule has 2 nitrogen and oxygen atoms in total. The van der Waals surface area contributed by atoms with E-state index in [2.05, 4.69) is 61.4 Å². The molecule has 1 aromatic heterocycles. The highest BCUT2D eigenvalue weighted by atomic mass is 28.3. The summed E-state index contributed by atoms with van der Waals surface area (Å²) in [5.41, 5.74) is 3.67. The van der Waals surface area contributed by atoms with Gasteiger partial charge >= 0.3 is 0 Å². The molecule has 0 saturated carbocycles. The standard InChI is InChI=1S/C18H18N2Si/c1-11-18-17(20-12(2)19-11)15-9-13-7-5-6-8-14(13)10-16(15)21(18,3)4/h5-10H,1-4H3. The monoisotopic (exact) mass is 290 g/mol. The van der Waals surface area contributed by atoms with Crippen molar-refractivity contribution in [1.29, 1.82) is 0 Å². The quantitative estimate of drug-likeness (QED) is 0.595. The lowest BCUT2D eigenvalue weighted by Gasteiger charge is -2.20. The van der Waals surface area contributed by atoms with Crippen molar-refractivity contribution in [2.45, 2.75) is 26.9 Å².